The minimum absolute atomic E-state index is 0.0333. The van der Waals surface area contributed by atoms with Gasteiger partial charge in [0.1, 0.15) is 6.61 Å². The van der Waals surface area contributed by atoms with E-state index in [1.807, 2.05) is 0 Å². The summed E-state index contributed by atoms with van der Waals surface area (Å²) >= 11 is 0. The summed E-state index contributed by atoms with van der Waals surface area (Å²) < 4.78 is 17.4. The van der Waals surface area contributed by atoms with E-state index in [2.05, 4.69) is 179 Å². The smallest absolute Gasteiger partial charge is 0.306 e. The molecule has 0 heterocycles. The van der Waals surface area contributed by atoms with Gasteiger partial charge in [-0.2, -0.15) is 0 Å². The first-order valence-electron chi connectivity index (χ1n) is 27.0. The van der Waals surface area contributed by atoms with E-state index in [1.54, 1.807) is 0 Å². The first-order chi connectivity index (χ1) is 33.6. The van der Waals surface area contributed by atoms with Gasteiger partial charge in [-0.15, -0.1) is 0 Å². The molecule has 0 saturated heterocycles. The zero-order valence-corrected chi connectivity index (χ0v) is 43.6. The van der Waals surface area contributed by atoms with E-state index >= 15 is 0 Å². The molecule has 0 saturated carbocycles. The normalized spacial score (nSPS) is 13.5. The summed E-state index contributed by atoms with van der Waals surface area (Å²) in [5.41, 5.74) is 0. The van der Waals surface area contributed by atoms with E-state index in [9.17, 15) is 9.59 Å². The average molecular weight is 935 g/mol. The predicted octanol–water partition coefficient (Wildman–Crippen LogP) is 18.7. The maximum absolute atomic E-state index is 12.8. The fourth-order valence-corrected chi connectivity index (χ4v) is 6.63. The molecule has 0 N–H and O–H groups in total. The molecular weight excluding hydrogens is 837 g/mol. The summed E-state index contributed by atoms with van der Waals surface area (Å²) in [4.78, 5) is 25.5. The van der Waals surface area contributed by atoms with Crippen molar-refractivity contribution < 1.29 is 23.8 Å². The van der Waals surface area contributed by atoms with Gasteiger partial charge >= 0.3 is 11.9 Å². The van der Waals surface area contributed by atoms with Gasteiger partial charge in [0.2, 0.25) is 0 Å². The Morgan fingerprint density at radius 1 is 0.324 bits per heavy atom. The number of ether oxygens (including phenoxy) is 3. The van der Waals surface area contributed by atoms with E-state index in [1.165, 1.54) is 0 Å². The highest BCUT2D eigenvalue weighted by atomic mass is 16.6. The summed E-state index contributed by atoms with van der Waals surface area (Å²) in [6, 6.07) is 0. The molecule has 1 atom stereocenters. The maximum Gasteiger partial charge on any atom is 0.306 e. The Bertz CT molecular complexity index is 1520. The molecule has 0 rings (SSSR count). The lowest BCUT2D eigenvalue weighted by Crippen LogP contribution is -2.30. The fraction of sp³-hybridized carbons (Fsp3) is 0.556. The minimum Gasteiger partial charge on any atom is -0.462 e. The van der Waals surface area contributed by atoms with Crippen molar-refractivity contribution in [1.29, 1.82) is 0 Å². The van der Waals surface area contributed by atoms with Crippen molar-refractivity contribution in [2.24, 2.45) is 0 Å². The van der Waals surface area contributed by atoms with Gasteiger partial charge in [0.05, 0.1) is 6.61 Å². The number of carbonyl (C=O) groups excluding carboxylic acids is 2. The zero-order chi connectivity index (χ0) is 49.2. The van der Waals surface area contributed by atoms with Gasteiger partial charge < -0.3 is 14.2 Å². The van der Waals surface area contributed by atoms with Crippen LogP contribution in [0, 0.1) is 0 Å². The molecule has 0 aliphatic carbocycles. The SMILES string of the molecule is CC/C=C\C/C=C\C/C=C\C/C=C\C/C=C\CCCCCCOCC(COC(=O)CCCCCC/C=C\C/C=C\C/C=C\C/C=C\CC)OC(=O)CCCC/C=C\C/C=C\C/C=C\C/C=C\CC. The lowest BCUT2D eigenvalue weighted by Gasteiger charge is -2.18. The molecule has 0 spiro atoms. The first-order valence-corrected chi connectivity index (χ1v) is 27.0. The highest BCUT2D eigenvalue weighted by Gasteiger charge is 2.17. The van der Waals surface area contributed by atoms with Crippen molar-refractivity contribution in [3.8, 4) is 0 Å². The Morgan fingerprint density at radius 3 is 1.00 bits per heavy atom. The largest absolute Gasteiger partial charge is 0.462 e. The van der Waals surface area contributed by atoms with E-state index in [4.69, 9.17) is 14.2 Å². The monoisotopic (exact) mass is 935 g/mol. The van der Waals surface area contributed by atoms with Crippen LogP contribution in [-0.4, -0.2) is 37.9 Å². The highest BCUT2D eigenvalue weighted by molar-refractivity contribution is 5.70. The van der Waals surface area contributed by atoms with Crippen molar-refractivity contribution in [3.63, 3.8) is 0 Å². The van der Waals surface area contributed by atoms with E-state index < -0.39 is 6.10 Å². The lowest BCUT2D eigenvalue weighted by atomic mass is 10.1. The standard InChI is InChI=1S/C63H98O5/c1-4-7-10-13-16-19-22-25-28-30-31-32-34-37-40-43-46-49-52-55-58-66-59-61(68-63(65)57-54-51-48-45-42-39-35-27-24-21-18-15-12-9-6-3)60-67-62(64)56-53-50-47-44-41-38-36-33-29-26-23-20-17-14-11-8-5-2/h7-12,16-21,25-29,31-32,35-38,40,42,45,61H,4-6,13-15,22-24,30,33-34,39,41,43-44,46-60H2,1-3H3/b10-7-,11-8-,12-9-,19-16-,20-17-,21-18-,28-25-,29-26-,32-31-,35-27-,38-36-,40-37-,45-42-. The molecule has 0 aromatic rings. The van der Waals surface area contributed by atoms with Crippen molar-refractivity contribution in [2.75, 3.05) is 19.8 Å². The number of hydrogen-bond acceptors (Lipinski definition) is 5. The highest BCUT2D eigenvalue weighted by Crippen LogP contribution is 2.11. The van der Waals surface area contributed by atoms with E-state index in [0.717, 1.165) is 167 Å². The van der Waals surface area contributed by atoms with Crippen LogP contribution in [0.25, 0.3) is 0 Å². The predicted molar refractivity (Wildman–Crippen MR) is 297 cm³/mol. The molecule has 0 aromatic carbocycles. The number of hydrogen-bond donors (Lipinski definition) is 0. The van der Waals surface area contributed by atoms with Gasteiger partial charge in [-0.05, 0) is 141 Å². The van der Waals surface area contributed by atoms with Crippen LogP contribution in [0.5, 0.6) is 0 Å². The average Bonchev–Trinajstić information content (AvgIpc) is 3.34. The molecule has 0 aliphatic heterocycles. The summed E-state index contributed by atoms with van der Waals surface area (Å²) in [5.74, 6) is -0.501. The number of allylic oxidation sites excluding steroid dienone is 26. The second kappa shape index (κ2) is 56.8. The van der Waals surface area contributed by atoms with Crippen LogP contribution in [0.3, 0.4) is 0 Å². The molecular formula is C63H98O5. The molecule has 68 heavy (non-hydrogen) atoms. The number of esters is 2. The Labute approximate surface area is 418 Å². The zero-order valence-electron chi connectivity index (χ0n) is 43.6. The number of rotatable bonds is 47. The van der Waals surface area contributed by atoms with Crippen LogP contribution in [0.2, 0.25) is 0 Å². The fourth-order valence-electron chi connectivity index (χ4n) is 6.63. The quantitative estimate of drug-likeness (QED) is 0.0346. The van der Waals surface area contributed by atoms with Crippen molar-refractivity contribution in [1.82, 2.24) is 0 Å². The van der Waals surface area contributed by atoms with Gasteiger partial charge in [0.15, 0.2) is 6.10 Å². The molecule has 5 heteroatoms. The second-order valence-corrected chi connectivity index (χ2v) is 17.0. The van der Waals surface area contributed by atoms with Crippen molar-refractivity contribution in [3.05, 3.63) is 158 Å². The van der Waals surface area contributed by atoms with Gasteiger partial charge in [0.25, 0.3) is 0 Å². The van der Waals surface area contributed by atoms with Crippen LogP contribution in [0.1, 0.15) is 201 Å². The third-order valence-electron chi connectivity index (χ3n) is 10.5. The second-order valence-electron chi connectivity index (χ2n) is 17.0. The van der Waals surface area contributed by atoms with Crippen LogP contribution >= 0.6 is 0 Å². The van der Waals surface area contributed by atoms with Gasteiger partial charge in [-0.25, -0.2) is 0 Å². The van der Waals surface area contributed by atoms with Crippen LogP contribution in [0.4, 0.5) is 0 Å². The molecule has 0 radical (unpaired) electrons. The Kier molecular flexibility index (Phi) is 53.1. The minimum atomic E-state index is -0.595. The summed E-state index contributed by atoms with van der Waals surface area (Å²) in [6.45, 7) is 7.33. The van der Waals surface area contributed by atoms with Gasteiger partial charge in [-0.1, -0.05) is 204 Å². The van der Waals surface area contributed by atoms with Crippen LogP contribution in [0.15, 0.2) is 158 Å². The summed E-state index contributed by atoms with van der Waals surface area (Å²) in [7, 11) is 0. The Hall–Kier alpha value is -4.48. The van der Waals surface area contributed by atoms with Crippen molar-refractivity contribution in [2.45, 2.75) is 207 Å². The van der Waals surface area contributed by atoms with Crippen LogP contribution in [-0.2, 0) is 23.8 Å². The molecule has 0 amide bonds. The van der Waals surface area contributed by atoms with E-state index in [0.29, 0.717) is 19.4 Å². The van der Waals surface area contributed by atoms with E-state index in [-0.39, 0.29) is 25.2 Å². The Morgan fingerprint density at radius 2 is 0.618 bits per heavy atom. The maximum atomic E-state index is 12.8. The molecule has 0 aromatic heterocycles. The summed E-state index contributed by atoms with van der Waals surface area (Å²) in [5, 5.41) is 0. The molecule has 5 nitrogen and oxygen atoms in total. The molecule has 0 aliphatic rings. The topological polar surface area (TPSA) is 61.8 Å². The molecule has 0 fully saturated rings. The number of unbranched alkanes of at least 4 members (excludes halogenated alkanes) is 10. The van der Waals surface area contributed by atoms with Gasteiger partial charge in [-0.3, -0.25) is 9.59 Å². The lowest BCUT2D eigenvalue weighted by molar-refractivity contribution is -0.163. The molecule has 380 valence electrons. The summed E-state index contributed by atoms with van der Waals surface area (Å²) in [6.07, 6.45) is 84.0. The number of carbonyl (C=O) groups is 2. The van der Waals surface area contributed by atoms with Crippen molar-refractivity contribution >= 4 is 11.9 Å². The van der Waals surface area contributed by atoms with Crippen LogP contribution < -0.4 is 0 Å². The first kappa shape index (κ1) is 63.5. The third-order valence-corrected chi connectivity index (χ3v) is 10.5. The van der Waals surface area contributed by atoms with Gasteiger partial charge in [0, 0.05) is 19.4 Å². The molecule has 1 unspecified atom stereocenters. The third kappa shape index (κ3) is 54.1. The molecule has 0 bridgehead atoms. The Balaban J connectivity index is 4.48.